The van der Waals surface area contributed by atoms with Crippen LogP contribution in [0.1, 0.15) is 30.0 Å². The second kappa shape index (κ2) is 8.71. The number of carbonyl (C=O) groups excluding carboxylic acids is 2. The summed E-state index contributed by atoms with van der Waals surface area (Å²) in [4.78, 5) is 24.7. The van der Waals surface area contributed by atoms with E-state index in [0.717, 1.165) is 9.75 Å². The van der Waals surface area contributed by atoms with Crippen molar-refractivity contribution in [3.8, 4) is 0 Å². The number of methoxy groups -OCH3 is 1. The average Bonchev–Trinajstić information content (AvgIpc) is 2.81. The third kappa shape index (κ3) is 6.68. The highest BCUT2D eigenvalue weighted by Gasteiger charge is 2.06. The Kier molecular flexibility index (Phi) is 7.25. The first-order valence-electron chi connectivity index (χ1n) is 6.65. The number of ether oxygens (including phenoxy) is 1. The van der Waals surface area contributed by atoms with Crippen LogP contribution in [0.3, 0.4) is 0 Å². The largest absolute Gasteiger partial charge is 0.469 e. The maximum atomic E-state index is 11.4. The quantitative estimate of drug-likeness (QED) is 0.563. The van der Waals surface area contributed by atoms with E-state index in [2.05, 4.69) is 15.4 Å². The first-order valence-corrected chi connectivity index (χ1v) is 7.47. The molecule has 5 nitrogen and oxygen atoms in total. The fourth-order valence-corrected chi connectivity index (χ4v) is 2.61. The Bertz CT molecular complexity index is 443. The molecule has 2 N–H and O–H groups in total. The molecule has 0 spiro atoms. The van der Waals surface area contributed by atoms with Gasteiger partial charge in [-0.1, -0.05) is 0 Å². The normalized spacial score (nSPS) is 10.6. The average molecular weight is 298 g/mol. The van der Waals surface area contributed by atoms with Gasteiger partial charge in [0.2, 0.25) is 5.91 Å². The van der Waals surface area contributed by atoms with Crippen LogP contribution >= 0.6 is 11.3 Å². The molecular formula is C14H22N2O3S. The van der Waals surface area contributed by atoms with Crippen LogP contribution < -0.4 is 10.6 Å². The van der Waals surface area contributed by atoms with Crippen molar-refractivity contribution >= 4 is 23.2 Å². The molecular weight excluding hydrogens is 276 g/mol. The SMILES string of the molecule is COC(=O)Cc1ccc(CNCCC(=O)NC(C)C)s1. The molecule has 6 heteroatoms. The lowest BCUT2D eigenvalue weighted by molar-refractivity contribution is -0.139. The van der Waals surface area contributed by atoms with Crippen LogP contribution in [0.25, 0.3) is 0 Å². The van der Waals surface area contributed by atoms with Gasteiger partial charge in [-0.25, -0.2) is 0 Å². The van der Waals surface area contributed by atoms with Gasteiger partial charge in [0.05, 0.1) is 13.5 Å². The molecule has 0 aromatic carbocycles. The van der Waals surface area contributed by atoms with Crippen molar-refractivity contribution in [1.82, 2.24) is 10.6 Å². The van der Waals surface area contributed by atoms with E-state index >= 15 is 0 Å². The molecule has 0 saturated heterocycles. The molecule has 0 saturated carbocycles. The molecule has 0 aliphatic heterocycles. The zero-order valence-electron chi connectivity index (χ0n) is 12.2. The summed E-state index contributed by atoms with van der Waals surface area (Å²) in [6.07, 6.45) is 0.788. The monoisotopic (exact) mass is 298 g/mol. The summed E-state index contributed by atoms with van der Waals surface area (Å²) in [5, 5.41) is 6.07. The number of amides is 1. The van der Waals surface area contributed by atoms with Gasteiger partial charge in [-0.3, -0.25) is 9.59 Å². The predicted octanol–water partition coefficient (Wildman–Crippen LogP) is 1.47. The van der Waals surface area contributed by atoms with Crippen LogP contribution in [0.5, 0.6) is 0 Å². The molecule has 1 heterocycles. The van der Waals surface area contributed by atoms with E-state index in [1.807, 2.05) is 26.0 Å². The Balaban J connectivity index is 2.22. The second-order valence-electron chi connectivity index (χ2n) is 4.77. The highest BCUT2D eigenvalue weighted by Crippen LogP contribution is 2.17. The van der Waals surface area contributed by atoms with Crippen molar-refractivity contribution in [2.75, 3.05) is 13.7 Å². The number of thiophene rings is 1. The Labute approximate surface area is 123 Å². The van der Waals surface area contributed by atoms with E-state index in [-0.39, 0.29) is 17.9 Å². The van der Waals surface area contributed by atoms with Crippen molar-refractivity contribution in [3.63, 3.8) is 0 Å². The molecule has 0 unspecified atom stereocenters. The molecule has 0 fully saturated rings. The van der Waals surface area contributed by atoms with Gasteiger partial charge in [0.1, 0.15) is 0 Å². The number of hydrogen-bond donors (Lipinski definition) is 2. The predicted molar refractivity (Wildman–Crippen MR) is 79.6 cm³/mol. The van der Waals surface area contributed by atoms with Crippen molar-refractivity contribution in [3.05, 3.63) is 21.9 Å². The van der Waals surface area contributed by atoms with E-state index in [1.165, 1.54) is 7.11 Å². The van der Waals surface area contributed by atoms with Gasteiger partial charge in [0.15, 0.2) is 0 Å². The number of rotatable bonds is 8. The summed E-state index contributed by atoms with van der Waals surface area (Å²) < 4.78 is 4.63. The van der Waals surface area contributed by atoms with Crippen molar-refractivity contribution in [1.29, 1.82) is 0 Å². The maximum absolute atomic E-state index is 11.4. The topological polar surface area (TPSA) is 67.4 Å². The standard InChI is InChI=1S/C14H22N2O3S/c1-10(2)16-13(17)6-7-15-9-12-5-4-11(20-12)8-14(18)19-3/h4-5,10,15H,6-9H2,1-3H3,(H,16,17). The number of nitrogens with one attached hydrogen (secondary N) is 2. The van der Waals surface area contributed by atoms with Crippen molar-refractivity contribution in [2.45, 2.75) is 39.3 Å². The van der Waals surface area contributed by atoms with Crippen molar-refractivity contribution < 1.29 is 14.3 Å². The highest BCUT2D eigenvalue weighted by atomic mass is 32.1. The van der Waals surface area contributed by atoms with Crippen LogP contribution in [0.2, 0.25) is 0 Å². The first kappa shape index (κ1) is 16.7. The van der Waals surface area contributed by atoms with Gasteiger partial charge in [0.25, 0.3) is 0 Å². The zero-order chi connectivity index (χ0) is 15.0. The van der Waals surface area contributed by atoms with E-state index in [4.69, 9.17) is 0 Å². The Morgan fingerprint density at radius 1 is 1.30 bits per heavy atom. The minimum absolute atomic E-state index is 0.0602. The molecule has 0 atom stereocenters. The number of esters is 1. The molecule has 112 valence electrons. The summed E-state index contributed by atoms with van der Waals surface area (Å²) in [6.45, 7) is 5.24. The molecule has 0 radical (unpaired) electrons. The van der Waals surface area contributed by atoms with Gasteiger partial charge < -0.3 is 15.4 Å². The first-order chi connectivity index (χ1) is 9.51. The van der Waals surface area contributed by atoms with Gasteiger partial charge in [-0.05, 0) is 26.0 Å². The molecule has 0 bridgehead atoms. The highest BCUT2D eigenvalue weighted by molar-refractivity contribution is 7.12. The number of hydrogen-bond acceptors (Lipinski definition) is 5. The van der Waals surface area contributed by atoms with Crippen LogP contribution in [-0.4, -0.2) is 31.6 Å². The lowest BCUT2D eigenvalue weighted by Gasteiger charge is -2.08. The van der Waals surface area contributed by atoms with E-state index in [9.17, 15) is 9.59 Å². The van der Waals surface area contributed by atoms with Crippen LogP contribution in [0.15, 0.2) is 12.1 Å². The molecule has 1 aromatic heterocycles. The minimum Gasteiger partial charge on any atom is -0.469 e. The molecule has 0 aliphatic rings. The van der Waals surface area contributed by atoms with Gasteiger partial charge in [-0.15, -0.1) is 11.3 Å². The van der Waals surface area contributed by atoms with Gasteiger partial charge in [-0.2, -0.15) is 0 Å². The Hall–Kier alpha value is -1.40. The van der Waals surface area contributed by atoms with Crippen molar-refractivity contribution in [2.24, 2.45) is 0 Å². The minimum atomic E-state index is -0.225. The smallest absolute Gasteiger partial charge is 0.310 e. The van der Waals surface area contributed by atoms with E-state index in [0.29, 0.717) is 25.9 Å². The lowest BCUT2D eigenvalue weighted by atomic mass is 10.3. The Morgan fingerprint density at radius 2 is 2.00 bits per heavy atom. The molecule has 1 rings (SSSR count). The summed E-state index contributed by atoms with van der Waals surface area (Å²) in [5.74, 6) is -0.165. The maximum Gasteiger partial charge on any atom is 0.310 e. The van der Waals surface area contributed by atoms with E-state index in [1.54, 1.807) is 11.3 Å². The molecule has 1 amide bonds. The summed E-state index contributed by atoms with van der Waals surface area (Å²) in [5.41, 5.74) is 0. The Morgan fingerprint density at radius 3 is 2.65 bits per heavy atom. The number of carbonyl (C=O) groups is 2. The third-order valence-electron chi connectivity index (χ3n) is 2.54. The fraction of sp³-hybridized carbons (Fsp3) is 0.571. The van der Waals surface area contributed by atoms with E-state index < -0.39 is 0 Å². The van der Waals surface area contributed by atoms with Crippen LogP contribution in [0, 0.1) is 0 Å². The second-order valence-corrected chi connectivity index (χ2v) is 6.02. The van der Waals surface area contributed by atoms with Crippen LogP contribution in [-0.2, 0) is 27.3 Å². The third-order valence-corrected chi connectivity index (χ3v) is 3.63. The summed E-state index contributed by atoms with van der Waals surface area (Å²) in [7, 11) is 1.39. The summed E-state index contributed by atoms with van der Waals surface area (Å²) >= 11 is 1.58. The molecule has 0 aliphatic carbocycles. The molecule has 20 heavy (non-hydrogen) atoms. The fourth-order valence-electron chi connectivity index (χ4n) is 1.63. The van der Waals surface area contributed by atoms with Gasteiger partial charge >= 0.3 is 5.97 Å². The lowest BCUT2D eigenvalue weighted by Crippen LogP contribution is -2.32. The molecule has 1 aromatic rings. The van der Waals surface area contributed by atoms with Crippen LogP contribution in [0.4, 0.5) is 0 Å². The summed E-state index contributed by atoms with van der Waals surface area (Å²) in [6, 6.07) is 4.11. The van der Waals surface area contributed by atoms with Gasteiger partial charge in [0, 0.05) is 35.3 Å². The zero-order valence-corrected chi connectivity index (χ0v) is 13.0.